The van der Waals surface area contributed by atoms with Gasteiger partial charge in [-0.05, 0) is 6.92 Å². The Kier molecular flexibility index (Phi) is 3.76. The van der Waals surface area contributed by atoms with E-state index in [1.165, 1.54) is 6.39 Å². The SMILES string of the molecule is COCCNCc1ocnc1C. The molecular formula is C8H14N2O2. The van der Waals surface area contributed by atoms with E-state index in [1.807, 2.05) is 6.92 Å². The molecule has 1 aromatic heterocycles. The van der Waals surface area contributed by atoms with Crippen LogP contribution in [0.2, 0.25) is 0 Å². The summed E-state index contributed by atoms with van der Waals surface area (Å²) in [6.07, 6.45) is 1.46. The van der Waals surface area contributed by atoms with E-state index >= 15 is 0 Å². The summed E-state index contributed by atoms with van der Waals surface area (Å²) in [5.74, 6) is 0.895. The highest BCUT2D eigenvalue weighted by molar-refractivity contribution is 5.03. The summed E-state index contributed by atoms with van der Waals surface area (Å²) in [7, 11) is 1.68. The normalized spacial score (nSPS) is 10.5. The monoisotopic (exact) mass is 170 g/mol. The van der Waals surface area contributed by atoms with Gasteiger partial charge in [-0.15, -0.1) is 0 Å². The summed E-state index contributed by atoms with van der Waals surface area (Å²) in [6, 6.07) is 0. The second-order valence-corrected chi connectivity index (χ2v) is 2.53. The van der Waals surface area contributed by atoms with Crippen molar-refractivity contribution < 1.29 is 9.15 Å². The Bertz CT molecular complexity index is 223. The van der Waals surface area contributed by atoms with E-state index < -0.39 is 0 Å². The van der Waals surface area contributed by atoms with Crippen LogP contribution in [0.3, 0.4) is 0 Å². The number of ether oxygens (including phenoxy) is 1. The topological polar surface area (TPSA) is 47.3 Å². The number of hydrogen-bond donors (Lipinski definition) is 1. The first-order chi connectivity index (χ1) is 5.84. The van der Waals surface area contributed by atoms with Crippen LogP contribution in [-0.4, -0.2) is 25.2 Å². The van der Waals surface area contributed by atoms with Crippen LogP contribution >= 0.6 is 0 Å². The maximum absolute atomic E-state index is 5.13. The number of nitrogens with zero attached hydrogens (tertiary/aromatic N) is 1. The summed E-state index contributed by atoms with van der Waals surface area (Å²) >= 11 is 0. The molecule has 4 nitrogen and oxygen atoms in total. The minimum absolute atomic E-state index is 0.715. The molecular weight excluding hydrogens is 156 g/mol. The zero-order valence-corrected chi connectivity index (χ0v) is 7.46. The van der Waals surface area contributed by atoms with Gasteiger partial charge in [0.1, 0.15) is 5.76 Å². The van der Waals surface area contributed by atoms with Gasteiger partial charge < -0.3 is 14.5 Å². The van der Waals surface area contributed by atoms with Gasteiger partial charge in [-0.1, -0.05) is 0 Å². The van der Waals surface area contributed by atoms with Crippen molar-refractivity contribution in [3.63, 3.8) is 0 Å². The van der Waals surface area contributed by atoms with Gasteiger partial charge in [0.05, 0.1) is 18.8 Å². The van der Waals surface area contributed by atoms with E-state index in [9.17, 15) is 0 Å². The van der Waals surface area contributed by atoms with E-state index in [4.69, 9.17) is 9.15 Å². The maximum Gasteiger partial charge on any atom is 0.181 e. The Hall–Kier alpha value is -0.870. The molecule has 1 N–H and O–H groups in total. The zero-order valence-electron chi connectivity index (χ0n) is 7.46. The highest BCUT2D eigenvalue weighted by atomic mass is 16.5. The van der Waals surface area contributed by atoms with Crippen LogP contribution in [0.1, 0.15) is 11.5 Å². The summed E-state index contributed by atoms with van der Waals surface area (Å²) in [5, 5.41) is 3.17. The van der Waals surface area contributed by atoms with E-state index in [-0.39, 0.29) is 0 Å². The maximum atomic E-state index is 5.13. The summed E-state index contributed by atoms with van der Waals surface area (Å²) in [4.78, 5) is 3.98. The number of oxazole rings is 1. The van der Waals surface area contributed by atoms with E-state index in [1.54, 1.807) is 7.11 Å². The van der Waals surface area contributed by atoms with Crippen molar-refractivity contribution in [1.29, 1.82) is 0 Å². The van der Waals surface area contributed by atoms with Crippen LogP contribution < -0.4 is 5.32 Å². The molecule has 0 aromatic carbocycles. The third-order valence-corrected chi connectivity index (χ3v) is 1.61. The van der Waals surface area contributed by atoms with Crippen molar-refractivity contribution >= 4 is 0 Å². The summed E-state index contributed by atoms with van der Waals surface area (Å²) in [6.45, 7) is 4.19. The van der Waals surface area contributed by atoms with Gasteiger partial charge in [-0.25, -0.2) is 4.98 Å². The summed E-state index contributed by atoms with van der Waals surface area (Å²) < 4.78 is 10.0. The van der Waals surface area contributed by atoms with Gasteiger partial charge in [0, 0.05) is 13.7 Å². The van der Waals surface area contributed by atoms with Crippen LogP contribution in [0.4, 0.5) is 0 Å². The zero-order chi connectivity index (χ0) is 8.81. The minimum atomic E-state index is 0.715. The molecule has 12 heavy (non-hydrogen) atoms. The quantitative estimate of drug-likeness (QED) is 0.661. The molecule has 0 amide bonds. The first kappa shape index (κ1) is 9.22. The molecule has 0 bridgehead atoms. The third kappa shape index (κ3) is 2.64. The van der Waals surface area contributed by atoms with Gasteiger partial charge in [0.2, 0.25) is 0 Å². The first-order valence-corrected chi connectivity index (χ1v) is 3.93. The molecule has 0 aliphatic rings. The molecule has 0 aliphatic heterocycles. The van der Waals surface area contributed by atoms with Gasteiger partial charge in [0.25, 0.3) is 0 Å². The largest absolute Gasteiger partial charge is 0.447 e. The van der Waals surface area contributed by atoms with Crippen LogP contribution in [0.25, 0.3) is 0 Å². The lowest BCUT2D eigenvalue weighted by atomic mass is 10.4. The lowest BCUT2D eigenvalue weighted by molar-refractivity contribution is 0.198. The van der Waals surface area contributed by atoms with Crippen molar-refractivity contribution in [2.75, 3.05) is 20.3 Å². The van der Waals surface area contributed by atoms with Gasteiger partial charge in [-0.2, -0.15) is 0 Å². The number of aromatic nitrogens is 1. The van der Waals surface area contributed by atoms with Crippen LogP contribution in [0, 0.1) is 6.92 Å². The second kappa shape index (κ2) is 4.90. The molecule has 0 radical (unpaired) electrons. The molecule has 0 atom stereocenters. The van der Waals surface area contributed by atoms with Gasteiger partial charge in [-0.3, -0.25) is 0 Å². The van der Waals surface area contributed by atoms with Crippen molar-refractivity contribution in [3.05, 3.63) is 17.8 Å². The van der Waals surface area contributed by atoms with Crippen LogP contribution in [0.5, 0.6) is 0 Å². The van der Waals surface area contributed by atoms with Crippen LogP contribution in [0.15, 0.2) is 10.8 Å². The number of methoxy groups -OCH3 is 1. The third-order valence-electron chi connectivity index (χ3n) is 1.61. The molecule has 1 heterocycles. The molecule has 0 saturated carbocycles. The summed E-state index contributed by atoms with van der Waals surface area (Å²) in [5.41, 5.74) is 0.944. The first-order valence-electron chi connectivity index (χ1n) is 3.93. The van der Waals surface area contributed by atoms with E-state index in [2.05, 4.69) is 10.3 Å². The fraction of sp³-hybridized carbons (Fsp3) is 0.625. The number of hydrogen-bond acceptors (Lipinski definition) is 4. The molecule has 1 aromatic rings. The van der Waals surface area contributed by atoms with Crippen LogP contribution in [-0.2, 0) is 11.3 Å². The standard InChI is InChI=1S/C8H14N2O2/c1-7-8(12-6-10-7)5-9-3-4-11-2/h6,9H,3-5H2,1-2H3. The number of aryl methyl sites for hydroxylation is 1. The molecule has 0 unspecified atom stereocenters. The average molecular weight is 170 g/mol. The Morgan fingerprint density at radius 1 is 1.67 bits per heavy atom. The van der Waals surface area contributed by atoms with Crippen molar-refractivity contribution in [1.82, 2.24) is 10.3 Å². The highest BCUT2D eigenvalue weighted by Gasteiger charge is 2.00. The fourth-order valence-electron chi connectivity index (χ4n) is 0.872. The molecule has 0 aliphatic carbocycles. The van der Waals surface area contributed by atoms with E-state index in [0.29, 0.717) is 6.61 Å². The molecule has 0 saturated heterocycles. The smallest absolute Gasteiger partial charge is 0.181 e. The molecule has 0 spiro atoms. The highest BCUT2D eigenvalue weighted by Crippen LogP contribution is 2.03. The molecule has 4 heteroatoms. The van der Waals surface area contributed by atoms with Gasteiger partial charge >= 0.3 is 0 Å². The average Bonchev–Trinajstić information content (AvgIpc) is 2.46. The lowest BCUT2D eigenvalue weighted by Crippen LogP contribution is -2.18. The minimum Gasteiger partial charge on any atom is -0.447 e. The van der Waals surface area contributed by atoms with E-state index in [0.717, 1.165) is 24.5 Å². The predicted molar refractivity (Wildman–Crippen MR) is 44.8 cm³/mol. The fourth-order valence-corrected chi connectivity index (χ4v) is 0.872. The Morgan fingerprint density at radius 3 is 3.08 bits per heavy atom. The predicted octanol–water partition coefficient (Wildman–Crippen LogP) is 0.719. The Morgan fingerprint density at radius 2 is 2.50 bits per heavy atom. The molecule has 68 valence electrons. The van der Waals surface area contributed by atoms with Gasteiger partial charge in [0.15, 0.2) is 6.39 Å². The lowest BCUT2D eigenvalue weighted by Gasteiger charge is -2.00. The molecule has 1 rings (SSSR count). The Balaban J connectivity index is 2.20. The number of nitrogens with one attached hydrogen (secondary N) is 1. The number of rotatable bonds is 5. The Labute approximate surface area is 71.9 Å². The van der Waals surface area contributed by atoms with Crippen molar-refractivity contribution in [2.24, 2.45) is 0 Å². The second-order valence-electron chi connectivity index (χ2n) is 2.53. The molecule has 0 fully saturated rings. The van der Waals surface area contributed by atoms with Crippen molar-refractivity contribution in [3.8, 4) is 0 Å². The van der Waals surface area contributed by atoms with Crippen molar-refractivity contribution in [2.45, 2.75) is 13.5 Å².